The zero-order chi connectivity index (χ0) is 13.5. The molecule has 2 unspecified atom stereocenters. The Kier molecular flexibility index (Phi) is 3.11. The number of carbonyl (C=O) groups excluding carboxylic acids is 1. The van der Waals surface area contributed by atoms with Gasteiger partial charge in [0, 0.05) is 30.8 Å². The predicted molar refractivity (Wildman–Crippen MR) is 72.9 cm³/mol. The first-order chi connectivity index (χ1) is 9.13. The van der Waals surface area contributed by atoms with Crippen LogP contribution in [-0.2, 0) is 9.53 Å². The summed E-state index contributed by atoms with van der Waals surface area (Å²) in [5, 5.41) is 3.68. The molecule has 0 aromatic heterocycles. The Balaban J connectivity index is 1.87. The van der Waals surface area contributed by atoms with Crippen LogP contribution in [0.2, 0.25) is 0 Å². The van der Waals surface area contributed by atoms with Crippen LogP contribution in [-0.4, -0.2) is 47.8 Å². The van der Waals surface area contributed by atoms with Crippen LogP contribution in [0.1, 0.15) is 6.92 Å². The number of carbonyl (C=O) groups is 1. The van der Waals surface area contributed by atoms with Crippen molar-refractivity contribution in [3.8, 4) is 0 Å². The molecular weight excluding hydrogens is 266 g/mol. The van der Waals surface area contributed by atoms with E-state index in [0.717, 1.165) is 0 Å². The zero-order valence-electron chi connectivity index (χ0n) is 10.7. The number of aliphatic imine (C=N–C) groups is 1. The maximum Gasteiger partial charge on any atom is 0.252 e. The van der Waals surface area contributed by atoms with Crippen LogP contribution in [0.3, 0.4) is 0 Å². The Morgan fingerprint density at radius 3 is 3.05 bits per heavy atom. The number of nitrogens with zero attached hydrogens (tertiary/aromatic N) is 2. The highest BCUT2D eigenvalue weighted by Crippen LogP contribution is 2.36. The number of rotatable bonds is 1. The average molecular weight is 282 g/mol. The van der Waals surface area contributed by atoms with Crippen molar-refractivity contribution in [1.82, 2.24) is 10.2 Å². The van der Waals surface area contributed by atoms with Crippen LogP contribution >= 0.6 is 11.6 Å². The van der Waals surface area contributed by atoms with Crippen molar-refractivity contribution < 1.29 is 9.53 Å². The van der Waals surface area contributed by atoms with Crippen molar-refractivity contribution in [2.24, 2.45) is 10.9 Å². The summed E-state index contributed by atoms with van der Waals surface area (Å²) in [4.78, 5) is 18.6. The Labute approximate surface area is 117 Å². The second kappa shape index (κ2) is 4.65. The average Bonchev–Trinajstić information content (AvgIpc) is 2.84. The molecule has 1 N–H and O–H groups in total. The van der Waals surface area contributed by atoms with Crippen LogP contribution in [0.5, 0.6) is 0 Å². The van der Waals surface area contributed by atoms with Gasteiger partial charge in [0.25, 0.3) is 5.91 Å². The van der Waals surface area contributed by atoms with E-state index in [1.165, 1.54) is 0 Å². The Morgan fingerprint density at radius 2 is 2.32 bits per heavy atom. The highest BCUT2D eigenvalue weighted by atomic mass is 35.5. The van der Waals surface area contributed by atoms with Crippen LogP contribution in [0.15, 0.2) is 29.0 Å². The molecule has 5 nitrogen and oxygen atoms in total. The molecule has 0 aromatic carbocycles. The second-order valence-electron chi connectivity index (χ2n) is 5.09. The van der Waals surface area contributed by atoms with Gasteiger partial charge in [0.2, 0.25) is 0 Å². The van der Waals surface area contributed by atoms with E-state index in [1.807, 2.05) is 24.1 Å². The highest BCUT2D eigenvalue weighted by Gasteiger charge is 2.46. The van der Waals surface area contributed by atoms with E-state index in [1.54, 1.807) is 6.20 Å². The zero-order valence-corrected chi connectivity index (χ0v) is 11.5. The summed E-state index contributed by atoms with van der Waals surface area (Å²) in [6, 6.07) is 0. The lowest BCUT2D eigenvalue weighted by Crippen LogP contribution is -2.52. The van der Waals surface area contributed by atoms with Crippen LogP contribution < -0.4 is 5.32 Å². The number of halogens is 1. The number of ether oxygens (including phenoxy) is 1. The van der Waals surface area contributed by atoms with Crippen molar-refractivity contribution in [3.05, 3.63) is 24.0 Å². The number of fused-ring (bicyclic) bond motifs is 1. The fraction of sp³-hybridized carbons (Fsp3) is 0.538. The standard InChI is InChI=1S/C13H16ClN3O2/c1-13-10(2-3-16-13)9(8-15-12(13)14)11(18)17-4-6-19-7-5-17/h2-3,8,10,16H,4-7H2,1H3. The molecule has 3 aliphatic heterocycles. The van der Waals surface area contributed by atoms with E-state index < -0.39 is 5.54 Å². The third-order valence-corrected chi connectivity index (χ3v) is 4.41. The maximum absolute atomic E-state index is 12.6. The summed E-state index contributed by atoms with van der Waals surface area (Å²) in [5.41, 5.74) is 0.197. The van der Waals surface area contributed by atoms with Gasteiger partial charge in [-0.3, -0.25) is 4.79 Å². The number of morpholine rings is 1. The first kappa shape index (κ1) is 12.7. The van der Waals surface area contributed by atoms with Crippen LogP contribution in [0.4, 0.5) is 0 Å². The van der Waals surface area contributed by atoms with E-state index in [2.05, 4.69) is 10.3 Å². The van der Waals surface area contributed by atoms with Crippen molar-refractivity contribution in [2.45, 2.75) is 12.5 Å². The lowest BCUT2D eigenvalue weighted by atomic mass is 9.81. The van der Waals surface area contributed by atoms with Crippen LogP contribution in [0, 0.1) is 5.92 Å². The van der Waals surface area contributed by atoms with Gasteiger partial charge in [-0.05, 0) is 13.1 Å². The predicted octanol–water partition coefficient (Wildman–Crippen LogP) is 0.872. The number of nitrogens with one attached hydrogen (secondary N) is 1. The lowest BCUT2D eigenvalue weighted by Gasteiger charge is -2.36. The van der Waals surface area contributed by atoms with Crippen LogP contribution in [0.25, 0.3) is 0 Å². The molecular formula is C13H16ClN3O2. The van der Waals surface area contributed by atoms with Gasteiger partial charge in [-0.15, -0.1) is 0 Å². The second-order valence-corrected chi connectivity index (χ2v) is 5.45. The summed E-state index contributed by atoms with van der Waals surface area (Å²) in [7, 11) is 0. The lowest BCUT2D eigenvalue weighted by molar-refractivity contribution is -0.131. The summed E-state index contributed by atoms with van der Waals surface area (Å²) >= 11 is 6.17. The minimum absolute atomic E-state index is 0.0285. The molecule has 0 aromatic rings. The molecule has 3 aliphatic rings. The third-order valence-electron chi connectivity index (χ3n) is 3.92. The minimum atomic E-state index is -0.492. The molecule has 1 fully saturated rings. The Morgan fingerprint density at radius 1 is 1.58 bits per heavy atom. The fourth-order valence-corrected chi connectivity index (χ4v) is 2.90. The molecule has 0 spiro atoms. The van der Waals surface area contributed by atoms with Crippen molar-refractivity contribution in [3.63, 3.8) is 0 Å². The molecule has 102 valence electrons. The molecule has 1 amide bonds. The smallest absolute Gasteiger partial charge is 0.252 e. The van der Waals surface area contributed by atoms with E-state index in [9.17, 15) is 4.79 Å². The molecule has 19 heavy (non-hydrogen) atoms. The number of amides is 1. The molecule has 2 atom stereocenters. The molecule has 0 aliphatic carbocycles. The minimum Gasteiger partial charge on any atom is -0.379 e. The van der Waals surface area contributed by atoms with Gasteiger partial charge >= 0.3 is 0 Å². The van der Waals surface area contributed by atoms with E-state index in [-0.39, 0.29) is 11.8 Å². The van der Waals surface area contributed by atoms with E-state index in [0.29, 0.717) is 37.0 Å². The van der Waals surface area contributed by atoms with Gasteiger partial charge in [-0.25, -0.2) is 4.99 Å². The van der Waals surface area contributed by atoms with Crippen molar-refractivity contribution >= 4 is 22.7 Å². The molecule has 3 heterocycles. The van der Waals surface area contributed by atoms with Crippen molar-refractivity contribution in [1.29, 1.82) is 0 Å². The maximum atomic E-state index is 12.6. The molecule has 0 saturated carbocycles. The Hall–Kier alpha value is -1.33. The third kappa shape index (κ3) is 1.97. The molecule has 0 radical (unpaired) electrons. The van der Waals surface area contributed by atoms with Gasteiger partial charge in [-0.1, -0.05) is 17.7 Å². The van der Waals surface area contributed by atoms with E-state index >= 15 is 0 Å². The Bertz CT molecular complexity index is 494. The quantitative estimate of drug-likeness (QED) is 0.776. The number of hydrogen-bond donors (Lipinski definition) is 1. The first-order valence-electron chi connectivity index (χ1n) is 6.38. The van der Waals surface area contributed by atoms with Crippen molar-refractivity contribution in [2.75, 3.05) is 26.3 Å². The summed E-state index contributed by atoms with van der Waals surface area (Å²) in [5.74, 6) is -0.0337. The highest BCUT2D eigenvalue weighted by molar-refractivity contribution is 6.68. The van der Waals surface area contributed by atoms with E-state index in [4.69, 9.17) is 16.3 Å². The SMILES string of the molecule is CC12NC=CC1C(C(=O)N1CCOCC1)=CN=C2Cl. The number of hydrogen-bond acceptors (Lipinski definition) is 4. The van der Waals surface area contributed by atoms with Gasteiger partial charge < -0.3 is 15.0 Å². The summed E-state index contributed by atoms with van der Waals surface area (Å²) < 4.78 is 5.27. The monoisotopic (exact) mass is 281 g/mol. The van der Waals surface area contributed by atoms with Gasteiger partial charge in [0.15, 0.2) is 0 Å². The van der Waals surface area contributed by atoms with Gasteiger partial charge in [0.05, 0.1) is 18.8 Å². The summed E-state index contributed by atoms with van der Waals surface area (Å²) in [6.45, 7) is 4.42. The normalized spacial score (nSPS) is 33.4. The van der Waals surface area contributed by atoms with Gasteiger partial charge in [0.1, 0.15) is 5.17 Å². The molecule has 6 heteroatoms. The topological polar surface area (TPSA) is 53.9 Å². The summed E-state index contributed by atoms with van der Waals surface area (Å²) in [6.07, 6.45) is 5.42. The fourth-order valence-electron chi connectivity index (χ4n) is 2.68. The first-order valence-corrected chi connectivity index (χ1v) is 6.76. The molecule has 3 rings (SSSR count). The largest absolute Gasteiger partial charge is 0.379 e. The van der Waals surface area contributed by atoms with Gasteiger partial charge in [-0.2, -0.15) is 0 Å². The molecule has 1 saturated heterocycles. The molecule has 0 bridgehead atoms.